The molecule has 4 N–H and O–H groups in total. The zero-order valence-corrected chi connectivity index (χ0v) is 10.4. The molecule has 0 amide bonds. The minimum absolute atomic E-state index is 0.363. The Kier molecular flexibility index (Phi) is 3.52. The third-order valence-electron chi connectivity index (χ3n) is 2.48. The molecule has 0 aliphatic heterocycles. The molecule has 1 aromatic carbocycles. The van der Waals surface area contributed by atoms with Crippen LogP contribution >= 0.6 is 23.2 Å². The number of anilines is 1. The van der Waals surface area contributed by atoms with Crippen LogP contribution < -0.4 is 11.5 Å². The maximum Gasteiger partial charge on any atom is 0.128 e. The van der Waals surface area contributed by atoms with Crippen molar-refractivity contribution in [3.63, 3.8) is 0 Å². The van der Waals surface area contributed by atoms with Gasteiger partial charge in [-0.3, -0.25) is 0 Å². The maximum atomic E-state index is 6.11. The van der Waals surface area contributed by atoms with Crippen molar-refractivity contribution in [2.24, 2.45) is 5.73 Å². The summed E-state index contributed by atoms with van der Waals surface area (Å²) < 4.78 is 0. The van der Waals surface area contributed by atoms with Gasteiger partial charge >= 0.3 is 0 Å². The van der Waals surface area contributed by atoms with E-state index in [1.54, 1.807) is 18.2 Å². The van der Waals surface area contributed by atoms with Crippen molar-refractivity contribution < 1.29 is 0 Å². The minimum atomic E-state index is -0.363. The van der Waals surface area contributed by atoms with Gasteiger partial charge in [-0.05, 0) is 23.8 Å². The molecule has 2 rings (SSSR count). The molecule has 88 valence electrons. The number of hydrogen-bond acceptors (Lipinski definition) is 3. The van der Waals surface area contributed by atoms with Gasteiger partial charge in [-0.2, -0.15) is 0 Å². The molecule has 0 aliphatic carbocycles. The van der Waals surface area contributed by atoms with Crippen LogP contribution in [0.15, 0.2) is 36.5 Å². The van der Waals surface area contributed by atoms with Gasteiger partial charge in [-0.15, -0.1) is 0 Å². The normalized spacial score (nSPS) is 12.4. The van der Waals surface area contributed by atoms with Crippen molar-refractivity contribution in [3.05, 3.63) is 57.7 Å². The number of nitrogen functional groups attached to an aromatic ring is 1. The van der Waals surface area contributed by atoms with Gasteiger partial charge in [0.25, 0.3) is 0 Å². The summed E-state index contributed by atoms with van der Waals surface area (Å²) in [5.74, 6) is 0.386. The summed E-state index contributed by atoms with van der Waals surface area (Å²) in [6, 6.07) is 8.64. The second-order valence-corrected chi connectivity index (χ2v) is 4.53. The largest absolute Gasteiger partial charge is 0.383 e. The Bertz CT molecular complexity index is 526. The van der Waals surface area contributed by atoms with Gasteiger partial charge in [0.15, 0.2) is 0 Å². The lowest BCUT2D eigenvalue weighted by molar-refractivity contribution is 0.868. The Morgan fingerprint density at radius 2 is 1.71 bits per heavy atom. The molecule has 0 spiro atoms. The standard InChI is InChI=1S/C12H11Cl2N3/c13-8-3-1-7(2-4-8)11(15)10-5-9(14)6-17-12(10)16/h1-6,11H,15H2,(H2,16,17). The van der Waals surface area contributed by atoms with Crippen LogP contribution in [-0.2, 0) is 0 Å². The Balaban J connectivity index is 2.39. The monoisotopic (exact) mass is 267 g/mol. The van der Waals surface area contributed by atoms with Crippen molar-refractivity contribution in [2.75, 3.05) is 5.73 Å². The molecule has 0 saturated heterocycles. The fraction of sp³-hybridized carbons (Fsp3) is 0.0833. The van der Waals surface area contributed by atoms with Crippen LogP contribution in [0, 0.1) is 0 Å². The number of pyridine rings is 1. The highest BCUT2D eigenvalue weighted by atomic mass is 35.5. The predicted octanol–water partition coefficient (Wildman–Crippen LogP) is 3.02. The van der Waals surface area contributed by atoms with E-state index in [2.05, 4.69) is 4.98 Å². The number of nitrogens with two attached hydrogens (primary N) is 2. The molecule has 0 radical (unpaired) electrons. The molecule has 17 heavy (non-hydrogen) atoms. The van der Waals surface area contributed by atoms with E-state index in [4.69, 9.17) is 34.7 Å². The molecule has 0 fully saturated rings. The Morgan fingerprint density at radius 1 is 1.06 bits per heavy atom. The average molecular weight is 268 g/mol. The fourth-order valence-electron chi connectivity index (χ4n) is 1.56. The van der Waals surface area contributed by atoms with E-state index in [1.165, 1.54) is 6.20 Å². The molecule has 1 unspecified atom stereocenters. The fourth-order valence-corrected chi connectivity index (χ4v) is 1.86. The van der Waals surface area contributed by atoms with E-state index in [-0.39, 0.29) is 6.04 Å². The number of halogens is 2. The van der Waals surface area contributed by atoms with Gasteiger partial charge in [-0.1, -0.05) is 35.3 Å². The zero-order chi connectivity index (χ0) is 12.4. The number of hydrogen-bond donors (Lipinski definition) is 2. The van der Waals surface area contributed by atoms with Crippen LogP contribution in [0.5, 0.6) is 0 Å². The minimum Gasteiger partial charge on any atom is -0.383 e. The summed E-state index contributed by atoms with van der Waals surface area (Å²) in [6.45, 7) is 0. The first-order valence-corrected chi connectivity index (χ1v) is 5.75. The zero-order valence-electron chi connectivity index (χ0n) is 8.90. The van der Waals surface area contributed by atoms with Crippen LogP contribution in [0.4, 0.5) is 5.82 Å². The van der Waals surface area contributed by atoms with E-state index < -0.39 is 0 Å². The predicted molar refractivity (Wildman–Crippen MR) is 71.1 cm³/mol. The second-order valence-electron chi connectivity index (χ2n) is 3.66. The smallest absolute Gasteiger partial charge is 0.128 e. The number of rotatable bonds is 2. The van der Waals surface area contributed by atoms with Crippen LogP contribution in [-0.4, -0.2) is 4.98 Å². The van der Waals surface area contributed by atoms with E-state index in [9.17, 15) is 0 Å². The summed E-state index contributed by atoms with van der Waals surface area (Å²) in [5, 5.41) is 1.18. The topological polar surface area (TPSA) is 64.9 Å². The van der Waals surface area contributed by atoms with Gasteiger partial charge in [0.05, 0.1) is 11.1 Å². The SMILES string of the molecule is Nc1ncc(Cl)cc1C(N)c1ccc(Cl)cc1. The summed E-state index contributed by atoms with van der Waals surface area (Å²) in [5.41, 5.74) is 13.5. The van der Waals surface area contributed by atoms with E-state index in [1.807, 2.05) is 12.1 Å². The van der Waals surface area contributed by atoms with Crippen molar-refractivity contribution in [3.8, 4) is 0 Å². The van der Waals surface area contributed by atoms with Crippen LogP contribution in [0.3, 0.4) is 0 Å². The van der Waals surface area contributed by atoms with Crippen molar-refractivity contribution in [2.45, 2.75) is 6.04 Å². The van der Waals surface area contributed by atoms with Crippen molar-refractivity contribution in [1.29, 1.82) is 0 Å². The first-order chi connectivity index (χ1) is 8.08. The molecular formula is C12H11Cl2N3. The Morgan fingerprint density at radius 3 is 2.35 bits per heavy atom. The Labute approximate surface area is 109 Å². The summed E-state index contributed by atoms with van der Waals surface area (Å²) in [7, 11) is 0. The molecule has 2 aromatic rings. The lowest BCUT2D eigenvalue weighted by Crippen LogP contribution is -2.14. The van der Waals surface area contributed by atoms with Gasteiger partial charge in [0.1, 0.15) is 5.82 Å². The number of aromatic nitrogens is 1. The number of nitrogens with zero attached hydrogens (tertiary/aromatic N) is 1. The van der Waals surface area contributed by atoms with E-state index in [0.717, 1.165) is 5.56 Å². The van der Waals surface area contributed by atoms with Crippen molar-refractivity contribution >= 4 is 29.0 Å². The maximum absolute atomic E-state index is 6.11. The lowest BCUT2D eigenvalue weighted by atomic mass is 10.0. The third kappa shape index (κ3) is 2.69. The molecule has 1 heterocycles. The lowest BCUT2D eigenvalue weighted by Gasteiger charge is -2.14. The molecule has 0 aliphatic rings. The van der Waals surface area contributed by atoms with Gasteiger partial charge in [-0.25, -0.2) is 4.98 Å². The molecule has 0 saturated carbocycles. The summed E-state index contributed by atoms with van der Waals surface area (Å²) in [4.78, 5) is 3.98. The average Bonchev–Trinajstić information content (AvgIpc) is 2.32. The highest BCUT2D eigenvalue weighted by Crippen LogP contribution is 2.26. The molecule has 5 heteroatoms. The number of benzene rings is 1. The molecule has 3 nitrogen and oxygen atoms in total. The summed E-state index contributed by atoms with van der Waals surface area (Å²) in [6.07, 6.45) is 1.50. The molecule has 0 bridgehead atoms. The van der Waals surface area contributed by atoms with Gasteiger partial charge < -0.3 is 11.5 Å². The Hall–Kier alpha value is -1.29. The van der Waals surface area contributed by atoms with Crippen LogP contribution in [0.25, 0.3) is 0 Å². The van der Waals surface area contributed by atoms with Crippen LogP contribution in [0.1, 0.15) is 17.2 Å². The third-order valence-corrected chi connectivity index (χ3v) is 2.94. The highest BCUT2D eigenvalue weighted by Gasteiger charge is 2.13. The molecular weight excluding hydrogens is 257 g/mol. The second kappa shape index (κ2) is 4.92. The van der Waals surface area contributed by atoms with Crippen molar-refractivity contribution in [1.82, 2.24) is 4.98 Å². The van der Waals surface area contributed by atoms with Crippen LogP contribution in [0.2, 0.25) is 10.0 Å². The molecule has 1 atom stereocenters. The first kappa shape index (κ1) is 12.2. The van der Waals surface area contributed by atoms with E-state index in [0.29, 0.717) is 21.4 Å². The molecule has 1 aromatic heterocycles. The van der Waals surface area contributed by atoms with Gasteiger partial charge in [0.2, 0.25) is 0 Å². The summed E-state index contributed by atoms with van der Waals surface area (Å²) >= 11 is 11.7. The van der Waals surface area contributed by atoms with Gasteiger partial charge in [0, 0.05) is 16.8 Å². The highest BCUT2D eigenvalue weighted by molar-refractivity contribution is 6.30. The first-order valence-electron chi connectivity index (χ1n) is 5.00. The van der Waals surface area contributed by atoms with E-state index >= 15 is 0 Å². The quantitative estimate of drug-likeness (QED) is 0.879.